The topological polar surface area (TPSA) is 99.0 Å². The largest absolute Gasteiger partial charge is 0.375 e. The van der Waals surface area contributed by atoms with Crippen molar-refractivity contribution in [3.8, 4) is 11.4 Å². The van der Waals surface area contributed by atoms with Crippen molar-refractivity contribution in [2.24, 2.45) is 13.0 Å². The standard InChI is InChI=1S/C20H22N6O2S/c1-11-16(29-20(21)23-11)19(28)25-8-12-7-13(10-25)15-4-3-14(18(27)26(15)9-12)17-22-5-6-24(17)2/h3-6,12-13H,7-10H2,1-2H3,(H2,21,23)/t12-,13+/m0/s1. The molecule has 2 aliphatic rings. The van der Waals surface area contributed by atoms with E-state index in [9.17, 15) is 9.59 Å². The second-order valence-corrected chi connectivity index (χ2v) is 8.96. The van der Waals surface area contributed by atoms with Gasteiger partial charge in [0.2, 0.25) is 0 Å². The molecule has 150 valence electrons. The van der Waals surface area contributed by atoms with Crippen molar-refractivity contribution < 1.29 is 4.79 Å². The smallest absolute Gasteiger partial charge is 0.265 e. The molecule has 1 amide bonds. The number of aryl methyl sites for hydroxylation is 2. The molecular formula is C20H22N6O2S. The number of piperidine rings is 1. The van der Waals surface area contributed by atoms with E-state index in [1.807, 2.05) is 46.3 Å². The van der Waals surface area contributed by atoms with Crippen molar-refractivity contribution in [2.45, 2.75) is 25.8 Å². The van der Waals surface area contributed by atoms with E-state index >= 15 is 0 Å². The number of imidazole rings is 1. The molecule has 5 heterocycles. The number of nitrogens with zero attached hydrogens (tertiary/aromatic N) is 5. The fourth-order valence-electron chi connectivity index (χ4n) is 4.67. The van der Waals surface area contributed by atoms with E-state index in [1.54, 1.807) is 6.20 Å². The number of anilines is 1. The molecule has 0 radical (unpaired) electrons. The van der Waals surface area contributed by atoms with E-state index < -0.39 is 0 Å². The molecular weight excluding hydrogens is 388 g/mol. The zero-order chi connectivity index (χ0) is 20.3. The molecule has 1 fully saturated rings. The molecule has 0 spiro atoms. The van der Waals surface area contributed by atoms with Crippen LogP contribution in [0.3, 0.4) is 0 Å². The minimum atomic E-state index is -0.00757. The minimum Gasteiger partial charge on any atom is -0.375 e. The lowest BCUT2D eigenvalue weighted by Crippen LogP contribution is -2.49. The summed E-state index contributed by atoms with van der Waals surface area (Å²) in [7, 11) is 1.89. The molecule has 2 N–H and O–H groups in total. The highest BCUT2D eigenvalue weighted by Crippen LogP contribution is 2.37. The number of aromatic nitrogens is 4. The Morgan fingerprint density at radius 1 is 1.28 bits per heavy atom. The number of carbonyl (C=O) groups excluding carboxylic acids is 1. The van der Waals surface area contributed by atoms with E-state index in [0.717, 1.165) is 12.1 Å². The first kappa shape index (κ1) is 18.1. The number of hydrogen-bond donors (Lipinski definition) is 1. The molecule has 29 heavy (non-hydrogen) atoms. The normalized spacial score (nSPS) is 20.6. The maximum absolute atomic E-state index is 13.2. The Morgan fingerprint density at radius 3 is 2.79 bits per heavy atom. The summed E-state index contributed by atoms with van der Waals surface area (Å²) in [6.07, 6.45) is 4.53. The summed E-state index contributed by atoms with van der Waals surface area (Å²) < 4.78 is 3.75. The molecule has 2 atom stereocenters. The first-order chi connectivity index (χ1) is 13.9. The second kappa shape index (κ2) is 6.55. The summed E-state index contributed by atoms with van der Waals surface area (Å²) >= 11 is 1.24. The summed E-state index contributed by atoms with van der Waals surface area (Å²) in [4.78, 5) is 37.3. The lowest BCUT2D eigenvalue weighted by Gasteiger charge is -2.42. The number of likely N-dealkylation sites (tertiary alicyclic amines) is 1. The fraction of sp³-hybridized carbons (Fsp3) is 0.400. The Hall–Kier alpha value is -2.94. The van der Waals surface area contributed by atoms with Gasteiger partial charge in [-0.15, -0.1) is 0 Å². The van der Waals surface area contributed by atoms with Crippen molar-refractivity contribution >= 4 is 22.4 Å². The Kier molecular flexibility index (Phi) is 4.09. The Morgan fingerprint density at radius 2 is 2.10 bits per heavy atom. The number of pyridine rings is 1. The van der Waals surface area contributed by atoms with Crippen LogP contribution in [0.5, 0.6) is 0 Å². The van der Waals surface area contributed by atoms with E-state index in [0.29, 0.717) is 46.7 Å². The van der Waals surface area contributed by atoms with Crippen LogP contribution in [0, 0.1) is 12.8 Å². The van der Waals surface area contributed by atoms with Crippen molar-refractivity contribution in [3.63, 3.8) is 0 Å². The van der Waals surface area contributed by atoms with Gasteiger partial charge in [0.05, 0.1) is 11.3 Å². The first-order valence-corrected chi connectivity index (χ1v) is 10.5. The van der Waals surface area contributed by atoms with E-state index in [1.165, 1.54) is 11.3 Å². The van der Waals surface area contributed by atoms with Gasteiger partial charge in [-0.25, -0.2) is 9.97 Å². The second-order valence-electron chi connectivity index (χ2n) is 7.92. The van der Waals surface area contributed by atoms with Crippen LogP contribution < -0.4 is 11.3 Å². The van der Waals surface area contributed by atoms with Crippen LogP contribution in [0.1, 0.15) is 33.4 Å². The molecule has 0 aliphatic carbocycles. The highest BCUT2D eigenvalue weighted by molar-refractivity contribution is 7.17. The summed E-state index contributed by atoms with van der Waals surface area (Å²) in [5.41, 5.74) is 8.08. The van der Waals surface area contributed by atoms with Gasteiger partial charge in [0.1, 0.15) is 10.7 Å². The number of rotatable bonds is 2. The van der Waals surface area contributed by atoms with Crippen molar-refractivity contribution in [3.05, 3.63) is 51.1 Å². The number of hydrogen-bond acceptors (Lipinski definition) is 6. The monoisotopic (exact) mass is 410 g/mol. The van der Waals surface area contributed by atoms with Crippen LogP contribution in [0.15, 0.2) is 29.3 Å². The van der Waals surface area contributed by atoms with Crippen molar-refractivity contribution in [1.29, 1.82) is 0 Å². The zero-order valence-corrected chi connectivity index (χ0v) is 17.1. The fourth-order valence-corrected chi connectivity index (χ4v) is 5.47. The number of nitrogens with two attached hydrogens (primary N) is 1. The highest BCUT2D eigenvalue weighted by Gasteiger charge is 2.37. The third-order valence-electron chi connectivity index (χ3n) is 5.96. The summed E-state index contributed by atoms with van der Waals surface area (Å²) in [5.74, 6) is 1.08. The molecule has 5 rings (SSSR count). The van der Waals surface area contributed by atoms with Crippen molar-refractivity contribution in [2.75, 3.05) is 18.8 Å². The van der Waals surface area contributed by atoms with E-state index in [4.69, 9.17) is 5.73 Å². The number of amides is 1. The third kappa shape index (κ3) is 2.88. The van der Waals surface area contributed by atoms with Gasteiger partial charge in [-0.2, -0.15) is 0 Å². The predicted octanol–water partition coefficient (Wildman–Crippen LogP) is 1.86. The Labute approximate surface area is 171 Å². The van der Waals surface area contributed by atoms with Gasteiger partial charge < -0.3 is 19.8 Å². The molecule has 0 aromatic carbocycles. The van der Waals surface area contributed by atoms with E-state index in [2.05, 4.69) is 9.97 Å². The quantitative estimate of drug-likeness (QED) is 0.695. The summed E-state index contributed by atoms with van der Waals surface area (Å²) in [5, 5.41) is 0.418. The van der Waals surface area contributed by atoms with Crippen LogP contribution in [-0.4, -0.2) is 43.0 Å². The van der Waals surface area contributed by atoms with Crippen LogP contribution in [0.4, 0.5) is 5.13 Å². The molecule has 2 bridgehead atoms. The molecule has 3 aromatic heterocycles. The Balaban J connectivity index is 1.48. The SMILES string of the molecule is Cc1nc(N)sc1C(=O)N1C[C@@H]2C[C@H](C1)c1ccc(-c3nccn3C)c(=O)n1C2. The zero-order valence-electron chi connectivity index (χ0n) is 16.3. The molecule has 0 unspecified atom stereocenters. The predicted molar refractivity (Wildman–Crippen MR) is 111 cm³/mol. The summed E-state index contributed by atoms with van der Waals surface area (Å²) in [6.45, 7) is 3.69. The minimum absolute atomic E-state index is 0.00245. The van der Waals surface area contributed by atoms with Gasteiger partial charge in [0, 0.05) is 50.7 Å². The third-order valence-corrected chi connectivity index (χ3v) is 6.94. The molecule has 3 aromatic rings. The number of nitrogen functional groups attached to an aromatic ring is 1. The molecule has 8 nitrogen and oxygen atoms in total. The van der Waals surface area contributed by atoms with Crippen LogP contribution >= 0.6 is 11.3 Å². The average molecular weight is 411 g/mol. The van der Waals surface area contributed by atoms with Gasteiger partial charge in [0.15, 0.2) is 5.13 Å². The first-order valence-electron chi connectivity index (χ1n) is 9.66. The average Bonchev–Trinajstić information content (AvgIpc) is 3.26. The maximum atomic E-state index is 13.2. The van der Waals surface area contributed by atoms with Gasteiger partial charge in [-0.05, 0) is 31.4 Å². The van der Waals surface area contributed by atoms with Crippen LogP contribution in [0.25, 0.3) is 11.4 Å². The van der Waals surface area contributed by atoms with E-state index in [-0.39, 0.29) is 23.3 Å². The van der Waals surface area contributed by atoms with Crippen LogP contribution in [0.2, 0.25) is 0 Å². The Bertz CT molecular complexity index is 1180. The molecule has 9 heteroatoms. The number of thiazole rings is 1. The molecule has 1 saturated heterocycles. The van der Waals surface area contributed by atoms with Crippen molar-refractivity contribution in [1.82, 2.24) is 24.0 Å². The lowest BCUT2D eigenvalue weighted by atomic mass is 9.83. The highest BCUT2D eigenvalue weighted by atomic mass is 32.1. The number of carbonyl (C=O) groups is 1. The van der Waals surface area contributed by atoms with Gasteiger partial charge in [-0.1, -0.05) is 11.3 Å². The van der Waals surface area contributed by atoms with Crippen LogP contribution in [-0.2, 0) is 13.6 Å². The molecule has 0 saturated carbocycles. The van der Waals surface area contributed by atoms with Gasteiger partial charge in [0.25, 0.3) is 11.5 Å². The summed E-state index contributed by atoms with van der Waals surface area (Å²) in [6, 6.07) is 3.89. The van der Waals surface area contributed by atoms with Gasteiger partial charge >= 0.3 is 0 Å². The number of fused-ring (bicyclic) bond motifs is 4. The lowest BCUT2D eigenvalue weighted by molar-refractivity contribution is 0.0598. The maximum Gasteiger partial charge on any atom is 0.265 e. The molecule has 2 aliphatic heterocycles. The van der Waals surface area contributed by atoms with Gasteiger partial charge in [-0.3, -0.25) is 9.59 Å².